The zero-order chi connectivity index (χ0) is 36.9. The summed E-state index contributed by atoms with van der Waals surface area (Å²) < 4.78 is 17.6. The summed E-state index contributed by atoms with van der Waals surface area (Å²) in [6, 6.07) is 12.5. The molecule has 6 bridgehead atoms. The molecule has 10 heteroatoms. The van der Waals surface area contributed by atoms with Crippen molar-refractivity contribution in [2.45, 2.75) is 82.0 Å². The van der Waals surface area contributed by atoms with Gasteiger partial charge in [-0.25, -0.2) is 0 Å². The number of fused-ring (bicyclic) bond motifs is 9. The number of allylic oxidation sites excluding steroid dienone is 1. The number of hydrogen-bond acceptors (Lipinski definition) is 8. The van der Waals surface area contributed by atoms with Crippen LogP contribution in [0.4, 0.5) is 0 Å². The average molecular weight is 721 g/mol. The van der Waals surface area contributed by atoms with Gasteiger partial charge in [0.15, 0.2) is 0 Å². The van der Waals surface area contributed by atoms with Crippen LogP contribution >= 0.6 is 0 Å². The van der Waals surface area contributed by atoms with Crippen molar-refractivity contribution in [3.63, 3.8) is 0 Å². The number of esters is 2. The van der Waals surface area contributed by atoms with E-state index in [-0.39, 0.29) is 53.6 Å². The standard InChI is InChI=1S/C43H52N4O6/c1-7-22-17-24-20-43(42(50)53-6)38-27(15-16-47(39(22)43)40(24)48)26-13-14-33(51-4)35(37(26)45-38)30-18-28-23(8-2)21-46(3)32(34(28)41(49)52-5)19-29-25-11-9-10-12-31(25)44-36(29)30/h8-14,22,24,28,30,32,34,39-40,44-45,48H,7,15-21H2,1-6H3. The second-order valence-electron chi connectivity index (χ2n) is 16.3. The summed E-state index contributed by atoms with van der Waals surface area (Å²) >= 11 is 0. The summed E-state index contributed by atoms with van der Waals surface area (Å²) in [5.41, 5.74) is 7.80. The highest BCUT2D eigenvalue weighted by molar-refractivity contribution is 5.95. The van der Waals surface area contributed by atoms with Crippen LogP contribution in [0.15, 0.2) is 48.0 Å². The minimum Gasteiger partial charge on any atom is -0.496 e. The Hall–Kier alpha value is -4.12. The number of likely N-dealkylation sites (tertiary alicyclic amines) is 1. The number of carbonyl (C=O) groups is 2. The number of ether oxygens (including phenoxy) is 3. The summed E-state index contributed by atoms with van der Waals surface area (Å²) in [6.07, 6.45) is 6.07. The third-order valence-corrected chi connectivity index (χ3v) is 14.3. The van der Waals surface area contributed by atoms with Crippen LogP contribution in [0.25, 0.3) is 21.8 Å². The van der Waals surface area contributed by atoms with Crippen molar-refractivity contribution in [3.05, 3.63) is 76.1 Å². The van der Waals surface area contributed by atoms with Crippen LogP contribution in [-0.4, -0.2) is 96.6 Å². The molecule has 6 heterocycles. The molecule has 0 radical (unpaired) electrons. The lowest BCUT2D eigenvalue weighted by molar-refractivity contribution is -0.196. The largest absolute Gasteiger partial charge is 0.496 e. The Bertz CT molecular complexity index is 2150. The minimum absolute atomic E-state index is 0.0261. The summed E-state index contributed by atoms with van der Waals surface area (Å²) in [7, 11) is 6.87. The number of aromatic amines is 2. The number of rotatable bonds is 5. The van der Waals surface area contributed by atoms with Gasteiger partial charge in [-0.05, 0) is 87.2 Å². The maximum absolute atomic E-state index is 14.4. The number of nitrogens with zero attached hydrogens (tertiary/aromatic N) is 2. The van der Waals surface area contributed by atoms with Crippen molar-refractivity contribution in [3.8, 4) is 5.75 Å². The molecule has 280 valence electrons. The molecule has 10 nitrogen and oxygen atoms in total. The SMILES string of the molecule is CC=C1CN(C)C2Cc3c([nH]c4ccccc34)C(c3c(OC)ccc4c5c([nH]c34)C3(C(=O)OC)CC4CC(CC)C3N(CC5)C4O)CC1C2C(=O)OC. The Morgan fingerprint density at radius 2 is 1.85 bits per heavy atom. The Balaban J connectivity index is 1.32. The van der Waals surface area contributed by atoms with Crippen molar-refractivity contribution in [2.24, 2.45) is 23.7 Å². The van der Waals surface area contributed by atoms with Gasteiger partial charge in [-0.2, -0.15) is 0 Å². The second kappa shape index (κ2) is 12.7. The quantitative estimate of drug-likeness (QED) is 0.175. The fourth-order valence-corrected chi connectivity index (χ4v) is 12.1. The van der Waals surface area contributed by atoms with Gasteiger partial charge in [-0.15, -0.1) is 0 Å². The van der Waals surface area contributed by atoms with Gasteiger partial charge >= 0.3 is 11.9 Å². The summed E-state index contributed by atoms with van der Waals surface area (Å²) in [5, 5.41) is 13.8. The molecule has 0 amide bonds. The Kier molecular flexibility index (Phi) is 8.33. The summed E-state index contributed by atoms with van der Waals surface area (Å²) in [5.74, 6) is 0.0283. The van der Waals surface area contributed by atoms with Crippen molar-refractivity contribution in [1.29, 1.82) is 0 Å². The Morgan fingerprint density at radius 3 is 2.58 bits per heavy atom. The zero-order valence-electron chi connectivity index (χ0n) is 31.7. The Labute approximate surface area is 310 Å². The molecular formula is C43H52N4O6. The van der Waals surface area contributed by atoms with Crippen molar-refractivity contribution in [1.82, 2.24) is 19.8 Å². The highest BCUT2D eigenvalue weighted by Crippen LogP contribution is 2.58. The predicted octanol–water partition coefficient (Wildman–Crippen LogP) is 5.81. The van der Waals surface area contributed by atoms with E-state index in [1.807, 2.05) is 0 Å². The first-order valence-electron chi connectivity index (χ1n) is 19.5. The molecule has 3 saturated heterocycles. The van der Waals surface area contributed by atoms with Gasteiger partial charge in [0.25, 0.3) is 0 Å². The normalized spacial score (nSPS) is 34.2. The number of aliphatic hydroxyl groups excluding tert-OH is 1. The molecular weight excluding hydrogens is 668 g/mol. The van der Waals surface area contributed by atoms with E-state index in [1.54, 1.807) is 7.11 Å². The molecule has 10 unspecified atom stereocenters. The third-order valence-electron chi connectivity index (χ3n) is 14.3. The lowest BCUT2D eigenvalue weighted by Crippen LogP contribution is -2.70. The van der Waals surface area contributed by atoms with E-state index in [2.05, 4.69) is 83.1 Å². The van der Waals surface area contributed by atoms with Crippen molar-refractivity contribution >= 4 is 33.7 Å². The fraction of sp³-hybridized carbons (Fsp3) is 0.535. The molecule has 4 aliphatic heterocycles. The second-order valence-corrected chi connectivity index (χ2v) is 16.3. The van der Waals surface area contributed by atoms with Crippen LogP contribution in [0.1, 0.15) is 73.5 Å². The monoisotopic (exact) mass is 720 g/mol. The molecule has 2 aromatic carbocycles. The molecule has 53 heavy (non-hydrogen) atoms. The topological polar surface area (TPSA) is 120 Å². The first-order valence-corrected chi connectivity index (χ1v) is 19.5. The molecule has 10 atom stereocenters. The van der Waals surface area contributed by atoms with Gasteiger partial charge in [-0.3, -0.25) is 19.4 Å². The lowest BCUT2D eigenvalue weighted by atomic mass is 9.56. The van der Waals surface area contributed by atoms with Crippen molar-refractivity contribution in [2.75, 3.05) is 41.5 Å². The van der Waals surface area contributed by atoms with Gasteiger partial charge in [0.05, 0.1) is 32.8 Å². The van der Waals surface area contributed by atoms with Crippen LogP contribution in [0, 0.1) is 23.7 Å². The van der Waals surface area contributed by atoms with E-state index in [9.17, 15) is 14.7 Å². The number of likely N-dealkylation sites (N-methyl/N-ethyl adjacent to an activating group) is 1. The fourth-order valence-electron chi connectivity index (χ4n) is 12.1. The van der Waals surface area contributed by atoms with E-state index < -0.39 is 11.6 Å². The van der Waals surface area contributed by atoms with Gasteiger partial charge in [0.1, 0.15) is 17.4 Å². The van der Waals surface area contributed by atoms with Crippen LogP contribution in [0.5, 0.6) is 5.75 Å². The number of aromatic nitrogens is 2. The minimum atomic E-state index is -0.935. The van der Waals surface area contributed by atoms with E-state index in [0.717, 1.165) is 64.1 Å². The number of carbonyl (C=O) groups excluding carboxylic acids is 2. The zero-order valence-corrected chi connectivity index (χ0v) is 31.7. The average Bonchev–Trinajstić information content (AvgIpc) is 3.70. The summed E-state index contributed by atoms with van der Waals surface area (Å²) in [6.45, 7) is 5.73. The van der Waals surface area contributed by atoms with Gasteiger partial charge in [-0.1, -0.05) is 43.2 Å². The maximum Gasteiger partial charge on any atom is 0.319 e. The lowest BCUT2D eigenvalue weighted by Gasteiger charge is -2.59. The molecule has 4 fully saturated rings. The number of nitrogens with one attached hydrogen (secondary N) is 2. The van der Waals surface area contributed by atoms with E-state index in [0.29, 0.717) is 32.2 Å². The highest BCUT2D eigenvalue weighted by Gasteiger charge is 2.65. The molecule has 6 aliphatic rings. The molecule has 3 N–H and O–H groups in total. The van der Waals surface area contributed by atoms with E-state index in [1.165, 1.54) is 30.7 Å². The highest BCUT2D eigenvalue weighted by atomic mass is 16.5. The number of aliphatic hydroxyl groups is 1. The van der Waals surface area contributed by atoms with E-state index >= 15 is 0 Å². The summed E-state index contributed by atoms with van der Waals surface area (Å²) in [4.78, 5) is 40.7. The predicted molar refractivity (Wildman–Crippen MR) is 203 cm³/mol. The van der Waals surface area contributed by atoms with Gasteiger partial charge in [0, 0.05) is 70.2 Å². The third kappa shape index (κ3) is 4.74. The van der Waals surface area contributed by atoms with Gasteiger partial charge in [0.2, 0.25) is 0 Å². The number of piperidine rings is 3. The number of benzene rings is 2. The molecule has 2 aromatic heterocycles. The number of H-pyrrole nitrogens is 2. The van der Waals surface area contributed by atoms with Crippen LogP contribution in [0.2, 0.25) is 0 Å². The smallest absolute Gasteiger partial charge is 0.319 e. The molecule has 0 spiro atoms. The van der Waals surface area contributed by atoms with E-state index in [4.69, 9.17) is 14.2 Å². The molecule has 10 rings (SSSR count). The number of para-hydroxylation sites is 1. The van der Waals surface area contributed by atoms with Crippen LogP contribution in [-0.2, 0) is 37.3 Å². The first kappa shape index (κ1) is 34.6. The van der Waals surface area contributed by atoms with Crippen LogP contribution in [0.3, 0.4) is 0 Å². The molecule has 2 aliphatic carbocycles. The molecule has 1 saturated carbocycles. The number of methoxy groups -OCH3 is 3. The maximum atomic E-state index is 14.4. The molecule has 4 aromatic rings. The van der Waals surface area contributed by atoms with Crippen molar-refractivity contribution < 1.29 is 28.9 Å². The first-order chi connectivity index (χ1) is 25.7. The van der Waals surface area contributed by atoms with Crippen LogP contribution < -0.4 is 4.74 Å². The number of hydrogen-bond donors (Lipinski definition) is 3. The van der Waals surface area contributed by atoms with Gasteiger partial charge < -0.3 is 29.3 Å². The Morgan fingerprint density at radius 1 is 1.04 bits per heavy atom.